The van der Waals surface area contributed by atoms with Gasteiger partial charge in [0, 0.05) is 11.1 Å². The molecule has 0 bridgehead atoms. The number of aromatic nitrogens is 2. The Morgan fingerprint density at radius 1 is 1.11 bits per heavy atom. The standard InChI is InChI=1S/C15H13N3O/c1-11-6-2-4-8-13(11)17-15(19)18-14-9-5-3-7-12(14)10-16-18/h2-10H,1H3,(H,17,19). The molecule has 3 rings (SSSR count). The van der Waals surface area contributed by atoms with Gasteiger partial charge in [-0.15, -0.1) is 0 Å². The minimum atomic E-state index is -0.254. The number of hydrogen-bond acceptors (Lipinski definition) is 2. The van der Waals surface area contributed by atoms with E-state index in [9.17, 15) is 4.79 Å². The second-order valence-corrected chi connectivity index (χ2v) is 4.36. The lowest BCUT2D eigenvalue weighted by Gasteiger charge is -2.08. The Bertz CT molecular complexity index is 746. The zero-order valence-electron chi connectivity index (χ0n) is 10.5. The highest BCUT2D eigenvalue weighted by Crippen LogP contribution is 2.16. The average Bonchev–Trinajstić information content (AvgIpc) is 2.85. The van der Waals surface area contributed by atoms with Crippen LogP contribution in [0.25, 0.3) is 10.9 Å². The van der Waals surface area contributed by atoms with Crippen LogP contribution in [-0.4, -0.2) is 15.8 Å². The van der Waals surface area contributed by atoms with Crippen LogP contribution < -0.4 is 5.32 Å². The lowest BCUT2D eigenvalue weighted by Crippen LogP contribution is -2.20. The van der Waals surface area contributed by atoms with Crippen LogP contribution in [0.3, 0.4) is 0 Å². The number of aryl methyl sites for hydroxylation is 1. The van der Waals surface area contributed by atoms with E-state index in [1.54, 1.807) is 6.20 Å². The maximum atomic E-state index is 12.2. The fourth-order valence-electron chi connectivity index (χ4n) is 2.01. The van der Waals surface area contributed by atoms with Crippen LogP contribution in [-0.2, 0) is 0 Å². The van der Waals surface area contributed by atoms with Gasteiger partial charge in [-0.3, -0.25) is 0 Å². The molecule has 4 heteroatoms. The van der Waals surface area contributed by atoms with E-state index in [1.807, 2.05) is 55.5 Å². The number of para-hydroxylation sites is 2. The molecule has 4 nitrogen and oxygen atoms in total. The van der Waals surface area contributed by atoms with Crippen molar-refractivity contribution in [1.29, 1.82) is 0 Å². The number of benzene rings is 2. The van der Waals surface area contributed by atoms with E-state index >= 15 is 0 Å². The maximum absolute atomic E-state index is 12.2. The van der Waals surface area contributed by atoms with E-state index < -0.39 is 0 Å². The number of nitrogens with one attached hydrogen (secondary N) is 1. The molecule has 0 aliphatic rings. The van der Waals surface area contributed by atoms with Crippen molar-refractivity contribution in [3.05, 3.63) is 60.3 Å². The van der Waals surface area contributed by atoms with Crippen LogP contribution in [0.1, 0.15) is 5.56 Å². The molecular formula is C15H13N3O. The Labute approximate surface area is 110 Å². The predicted molar refractivity (Wildman–Crippen MR) is 75.3 cm³/mol. The van der Waals surface area contributed by atoms with Crippen molar-refractivity contribution in [2.45, 2.75) is 6.92 Å². The van der Waals surface area contributed by atoms with Crippen molar-refractivity contribution >= 4 is 22.6 Å². The second kappa shape index (κ2) is 4.57. The summed E-state index contributed by atoms with van der Waals surface area (Å²) in [5.41, 5.74) is 2.62. The smallest absolute Gasteiger partial charge is 0.306 e. The lowest BCUT2D eigenvalue weighted by molar-refractivity contribution is 0.252. The number of carbonyl (C=O) groups is 1. The van der Waals surface area contributed by atoms with Crippen molar-refractivity contribution in [1.82, 2.24) is 9.78 Å². The summed E-state index contributed by atoms with van der Waals surface area (Å²) in [6.07, 6.45) is 1.69. The van der Waals surface area contributed by atoms with E-state index in [1.165, 1.54) is 4.68 Å². The Balaban J connectivity index is 1.95. The molecule has 19 heavy (non-hydrogen) atoms. The highest BCUT2D eigenvalue weighted by molar-refractivity contribution is 5.97. The Morgan fingerprint density at radius 2 is 1.84 bits per heavy atom. The lowest BCUT2D eigenvalue weighted by atomic mass is 10.2. The molecule has 94 valence electrons. The van der Waals surface area contributed by atoms with Crippen LogP contribution >= 0.6 is 0 Å². The number of hydrogen-bond donors (Lipinski definition) is 1. The molecule has 0 unspecified atom stereocenters. The molecule has 0 aliphatic carbocycles. The molecule has 0 saturated carbocycles. The van der Waals surface area contributed by atoms with Crippen LogP contribution in [0.2, 0.25) is 0 Å². The number of amides is 1. The largest absolute Gasteiger partial charge is 0.347 e. The van der Waals surface area contributed by atoms with Gasteiger partial charge < -0.3 is 5.32 Å². The van der Waals surface area contributed by atoms with E-state index in [0.29, 0.717) is 0 Å². The molecule has 1 amide bonds. The Hall–Kier alpha value is -2.62. The molecule has 0 spiro atoms. The minimum absolute atomic E-state index is 0.254. The number of nitrogens with zero attached hydrogens (tertiary/aromatic N) is 2. The first-order chi connectivity index (χ1) is 9.25. The van der Waals surface area contributed by atoms with Gasteiger partial charge >= 0.3 is 6.03 Å². The Kier molecular flexibility index (Phi) is 2.76. The van der Waals surface area contributed by atoms with Crippen molar-refractivity contribution in [3.8, 4) is 0 Å². The van der Waals surface area contributed by atoms with Crippen molar-refractivity contribution in [3.63, 3.8) is 0 Å². The van der Waals surface area contributed by atoms with E-state index in [-0.39, 0.29) is 6.03 Å². The predicted octanol–water partition coefficient (Wildman–Crippen LogP) is 3.42. The zero-order valence-corrected chi connectivity index (χ0v) is 10.5. The number of anilines is 1. The summed E-state index contributed by atoms with van der Waals surface area (Å²) >= 11 is 0. The third-order valence-electron chi connectivity index (χ3n) is 3.06. The SMILES string of the molecule is Cc1ccccc1NC(=O)n1ncc2ccccc21. The molecule has 1 aromatic heterocycles. The van der Waals surface area contributed by atoms with Gasteiger partial charge in [-0.1, -0.05) is 36.4 Å². The monoisotopic (exact) mass is 251 g/mol. The topological polar surface area (TPSA) is 46.9 Å². The van der Waals surface area contributed by atoms with Gasteiger partial charge in [0.25, 0.3) is 0 Å². The highest BCUT2D eigenvalue weighted by atomic mass is 16.2. The molecule has 0 radical (unpaired) electrons. The summed E-state index contributed by atoms with van der Waals surface area (Å²) in [4.78, 5) is 12.2. The van der Waals surface area contributed by atoms with E-state index in [2.05, 4.69) is 10.4 Å². The molecule has 3 aromatic rings. The van der Waals surface area contributed by atoms with Crippen LogP contribution in [0, 0.1) is 6.92 Å². The first-order valence-corrected chi connectivity index (χ1v) is 6.05. The summed E-state index contributed by atoms with van der Waals surface area (Å²) in [6.45, 7) is 1.96. The molecule has 1 heterocycles. The van der Waals surface area contributed by atoms with Gasteiger partial charge in [-0.2, -0.15) is 9.78 Å². The number of rotatable bonds is 1. The maximum Gasteiger partial charge on any atom is 0.347 e. The van der Waals surface area contributed by atoms with Gasteiger partial charge in [0.05, 0.1) is 11.7 Å². The molecule has 0 aliphatic heterocycles. The van der Waals surface area contributed by atoms with Crippen molar-refractivity contribution in [2.75, 3.05) is 5.32 Å². The number of fused-ring (bicyclic) bond motifs is 1. The fraction of sp³-hybridized carbons (Fsp3) is 0.0667. The fourth-order valence-corrected chi connectivity index (χ4v) is 2.01. The van der Waals surface area contributed by atoms with Crippen molar-refractivity contribution < 1.29 is 4.79 Å². The molecule has 0 saturated heterocycles. The third kappa shape index (κ3) is 2.08. The highest BCUT2D eigenvalue weighted by Gasteiger charge is 2.10. The van der Waals surface area contributed by atoms with E-state index in [0.717, 1.165) is 22.2 Å². The summed E-state index contributed by atoms with van der Waals surface area (Å²) < 4.78 is 1.38. The first-order valence-electron chi connectivity index (χ1n) is 6.05. The summed E-state index contributed by atoms with van der Waals surface area (Å²) in [5, 5.41) is 7.94. The number of carbonyl (C=O) groups excluding carboxylic acids is 1. The third-order valence-corrected chi connectivity index (χ3v) is 3.06. The summed E-state index contributed by atoms with van der Waals surface area (Å²) in [7, 11) is 0. The first kappa shape index (κ1) is 11.5. The van der Waals surface area contributed by atoms with Crippen molar-refractivity contribution in [2.24, 2.45) is 0 Å². The normalized spacial score (nSPS) is 10.6. The zero-order chi connectivity index (χ0) is 13.2. The second-order valence-electron chi connectivity index (χ2n) is 4.36. The Morgan fingerprint density at radius 3 is 2.68 bits per heavy atom. The van der Waals surface area contributed by atoms with Gasteiger partial charge in [0.1, 0.15) is 0 Å². The summed E-state index contributed by atoms with van der Waals surface area (Å²) in [6, 6.07) is 15.0. The van der Waals surface area contributed by atoms with Crippen LogP contribution in [0.5, 0.6) is 0 Å². The molecule has 0 fully saturated rings. The van der Waals surface area contributed by atoms with Gasteiger partial charge in [0.15, 0.2) is 0 Å². The summed E-state index contributed by atoms with van der Waals surface area (Å²) in [5.74, 6) is 0. The molecule has 1 N–H and O–H groups in total. The average molecular weight is 251 g/mol. The molecular weight excluding hydrogens is 238 g/mol. The molecule has 0 atom stereocenters. The van der Waals surface area contributed by atoms with Gasteiger partial charge in [-0.05, 0) is 24.6 Å². The van der Waals surface area contributed by atoms with Gasteiger partial charge in [0.2, 0.25) is 0 Å². The van der Waals surface area contributed by atoms with Crippen LogP contribution in [0.15, 0.2) is 54.7 Å². The minimum Gasteiger partial charge on any atom is -0.306 e. The van der Waals surface area contributed by atoms with Crippen LogP contribution in [0.4, 0.5) is 10.5 Å². The molecule has 2 aromatic carbocycles. The van der Waals surface area contributed by atoms with Gasteiger partial charge in [-0.25, -0.2) is 4.79 Å². The quantitative estimate of drug-likeness (QED) is 0.720. The van der Waals surface area contributed by atoms with E-state index in [4.69, 9.17) is 0 Å².